The highest BCUT2D eigenvalue weighted by atomic mass is 16.5. The number of carbonyl (C=O) groups is 1. The number of hydrogen-bond acceptors (Lipinski definition) is 3. The Labute approximate surface area is 121 Å². The lowest BCUT2D eigenvalue weighted by Gasteiger charge is -2.04. The van der Waals surface area contributed by atoms with Gasteiger partial charge in [-0.15, -0.1) is 0 Å². The summed E-state index contributed by atoms with van der Waals surface area (Å²) < 4.78 is 5.07. The van der Waals surface area contributed by atoms with Crippen LogP contribution in [-0.2, 0) is 0 Å². The monoisotopic (exact) mass is 277 g/mol. The van der Waals surface area contributed by atoms with E-state index in [2.05, 4.69) is 21.9 Å². The van der Waals surface area contributed by atoms with E-state index in [1.165, 1.54) is 19.2 Å². The maximum absolute atomic E-state index is 12.2. The van der Waals surface area contributed by atoms with Crippen LogP contribution in [0.1, 0.15) is 15.9 Å². The van der Waals surface area contributed by atoms with Crippen LogP contribution in [0.15, 0.2) is 53.6 Å². The minimum Gasteiger partial charge on any atom is -0.497 e. The molecular weight excluding hydrogens is 266 g/mol. The fourth-order valence-corrected chi connectivity index (χ4v) is 1.68. The molecule has 0 unspecified atom stereocenters. The molecule has 2 rings (SSSR count). The third-order valence-electron chi connectivity index (χ3n) is 2.69. The standard InChI is InChI=1S/C16H11N3O2/c1-21-13-8-9-15(18-19-17)14(11-13)16(20)10-7-12-5-3-2-4-6-12/h2-6,8-9,11H,1H3. The van der Waals surface area contributed by atoms with Gasteiger partial charge in [0.15, 0.2) is 0 Å². The Balaban J connectivity index is 2.38. The number of hydrogen-bond donors (Lipinski definition) is 0. The van der Waals surface area contributed by atoms with Crippen molar-refractivity contribution in [1.29, 1.82) is 0 Å². The van der Waals surface area contributed by atoms with Crippen LogP contribution in [-0.4, -0.2) is 12.9 Å². The van der Waals surface area contributed by atoms with Crippen molar-refractivity contribution in [2.45, 2.75) is 0 Å². The van der Waals surface area contributed by atoms with Crippen molar-refractivity contribution in [3.63, 3.8) is 0 Å². The molecule has 21 heavy (non-hydrogen) atoms. The van der Waals surface area contributed by atoms with Gasteiger partial charge in [-0.25, -0.2) is 0 Å². The molecule has 0 N–H and O–H groups in total. The minimum atomic E-state index is -0.430. The molecule has 0 spiro atoms. The second-order valence-electron chi connectivity index (χ2n) is 4.02. The van der Waals surface area contributed by atoms with Crippen LogP contribution in [0.2, 0.25) is 0 Å². The van der Waals surface area contributed by atoms with Gasteiger partial charge in [-0.1, -0.05) is 29.2 Å². The molecule has 0 atom stereocenters. The lowest BCUT2D eigenvalue weighted by atomic mass is 10.1. The third kappa shape index (κ3) is 3.63. The number of ether oxygens (including phenoxy) is 1. The number of carbonyl (C=O) groups excluding carboxylic acids is 1. The molecule has 0 saturated heterocycles. The summed E-state index contributed by atoms with van der Waals surface area (Å²) in [6.07, 6.45) is 0. The lowest BCUT2D eigenvalue weighted by Crippen LogP contribution is -1.97. The van der Waals surface area contributed by atoms with E-state index in [9.17, 15) is 4.79 Å². The molecule has 0 aliphatic carbocycles. The second kappa shape index (κ2) is 6.80. The number of ketones is 1. The third-order valence-corrected chi connectivity index (χ3v) is 2.69. The zero-order chi connectivity index (χ0) is 15.1. The Morgan fingerprint density at radius 3 is 2.67 bits per heavy atom. The van der Waals surface area contributed by atoms with E-state index in [-0.39, 0.29) is 11.3 Å². The quantitative estimate of drug-likeness (QED) is 0.281. The van der Waals surface area contributed by atoms with Crippen molar-refractivity contribution in [3.8, 4) is 17.6 Å². The first kappa shape index (κ1) is 14.2. The van der Waals surface area contributed by atoms with E-state index in [0.717, 1.165) is 5.56 Å². The predicted octanol–water partition coefficient (Wildman–Crippen LogP) is 3.87. The van der Waals surface area contributed by atoms with E-state index < -0.39 is 5.78 Å². The molecule has 5 nitrogen and oxygen atoms in total. The Morgan fingerprint density at radius 1 is 1.24 bits per heavy atom. The molecule has 5 heteroatoms. The van der Waals surface area contributed by atoms with E-state index in [4.69, 9.17) is 10.3 Å². The van der Waals surface area contributed by atoms with Gasteiger partial charge in [-0.2, -0.15) is 0 Å². The first-order chi connectivity index (χ1) is 10.2. The molecule has 0 fully saturated rings. The fourth-order valence-electron chi connectivity index (χ4n) is 1.68. The zero-order valence-electron chi connectivity index (χ0n) is 11.3. The van der Waals surface area contributed by atoms with Gasteiger partial charge >= 0.3 is 0 Å². The van der Waals surface area contributed by atoms with E-state index >= 15 is 0 Å². The van der Waals surface area contributed by atoms with Crippen LogP contribution in [0, 0.1) is 11.8 Å². The van der Waals surface area contributed by atoms with E-state index in [1.54, 1.807) is 18.2 Å². The summed E-state index contributed by atoms with van der Waals surface area (Å²) in [6, 6.07) is 13.8. The zero-order valence-corrected chi connectivity index (χ0v) is 11.3. The van der Waals surface area contributed by atoms with Crippen molar-refractivity contribution in [3.05, 3.63) is 70.1 Å². The van der Waals surface area contributed by atoms with Crippen LogP contribution >= 0.6 is 0 Å². The van der Waals surface area contributed by atoms with Crippen molar-refractivity contribution in [2.75, 3.05) is 7.11 Å². The minimum absolute atomic E-state index is 0.218. The van der Waals surface area contributed by atoms with Gasteiger partial charge in [0.1, 0.15) is 5.75 Å². The molecule has 0 aromatic heterocycles. The van der Waals surface area contributed by atoms with Crippen molar-refractivity contribution >= 4 is 11.5 Å². The number of benzene rings is 2. The smallest absolute Gasteiger partial charge is 0.236 e. The average molecular weight is 277 g/mol. The summed E-state index contributed by atoms with van der Waals surface area (Å²) in [5.41, 5.74) is 9.72. The first-order valence-electron chi connectivity index (χ1n) is 6.09. The van der Waals surface area contributed by atoms with E-state index in [1.807, 2.05) is 18.2 Å². The van der Waals surface area contributed by atoms with Gasteiger partial charge in [0.05, 0.1) is 7.11 Å². The molecule has 0 amide bonds. The Kier molecular flexibility index (Phi) is 4.60. The summed E-state index contributed by atoms with van der Waals surface area (Å²) in [5.74, 6) is 5.38. The SMILES string of the molecule is COc1ccc(N=[N+]=[N-])c(C(=O)C#Cc2ccccc2)c1. The summed E-state index contributed by atoms with van der Waals surface area (Å²) in [6.45, 7) is 0. The Morgan fingerprint density at radius 2 is 2.00 bits per heavy atom. The summed E-state index contributed by atoms with van der Waals surface area (Å²) >= 11 is 0. The summed E-state index contributed by atoms with van der Waals surface area (Å²) in [5, 5.41) is 3.49. The van der Waals surface area contributed by atoms with Crippen LogP contribution < -0.4 is 4.74 Å². The van der Waals surface area contributed by atoms with E-state index in [0.29, 0.717) is 5.75 Å². The number of nitrogens with zero attached hydrogens (tertiary/aromatic N) is 3. The lowest BCUT2D eigenvalue weighted by molar-refractivity contribution is 0.105. The van der Waals surface area contributed by atoms with Gasteiger partial charge in [-0.3, -0.25) is 4.79 Å². The van der Waals surface area contributed by atoms with Crippen molar-refractivity contribution in [2.24, 2.45) is 5.11 Å². The van der Waals surface area contributed by atoms with Crippen molar-refractivity contribution in [1.82, 2.24) is 0 Å². The maximum atomic E-state index is 12.2. The van der Waals surface area contributed by atoms with Gasteiger partial charge in [-0.05, 0) is 41.8 Å². The molecule has 0 bridgehead atoms. The summed E-state index contributed by atoms with van der Waals surface area (Å²) in [7, 11) is 1.49. The number of methoxy groups -OCH3 is 1. The summed E-state index contributed by atoms with van der Waals surface area (Å²) in [4.78, 5) is 14.9. The van der Waals surface area contributed by atoms with Gasteiger partial charge < -0.3 is 4.74 Å². The predicted molar refractivity (Wildman–Crippen MR) is 79.5 cm³/mol. The van der Waals surface area contributed by atoms with Crippen LogP contribution in [0.25, 0.3) is 10.4 Å². The van der Waals surface area contributed by atoms with Gasteiger partial charge in [0.25, 0.3) is 0 Å². The molecule has 0 heterocycles. The molecule has 102 valence electrons. The first-order valence-corrected chi connectivity index (χ1v) is 6.09. The molecule has 0 aliphatic heterocycles. The van der Waals surface area contributed by atoms with Crippen LogP contribution in [0.4, 0.5) is 5.69 Å². The Bertz CT molecular complexity index is 767. The number of rotatable bonds is 3. The Hall–Kier alpha value is -3.22. The van der Waals surface area contributed by atoms with Gasteiger partial charge in [0, 0.05) is 21.7 Å². The topological polar surface area (TPSA) is 75.1 Å². The number of azide groups is 1. The normalized spacial score (nSPS) is 9.00. The van der Waals surface area contributed by atoms with Crippen molar-refractivity contribution < 1.29 is 9.53 Å². The molecule has 0 aliphatic rings. The highest BCUT2D eigenvalue weighted by molar-refractivity contribution is 6.12. The largest absolute Gasteiger partial charge is 0.497 e. The highest BCUT2D eigenvalue weighted by Gasteiger charge is 2.09. The molecule has 0 radical (unpaired) electrons. The highest BCUT2D eigenvalue weighted by Crippen LogP contribution is 2.25. The van der Waals surface area contributed by atoms with Crippen LogP contribution in [0.3, 0.4) is 0 Å². The fraction of sp³-hybridized carbons (Fsp3) is 0.0625. The molecule has 2 aromatic rings. The van der Waals surface area contributed by atoms with Gasteiger partial charge in [0.2, 0.25) is 5.78 Å². The maximum Gasteiger partial charge on any atom is 0.236 e. The second-order valence-corrected chi connectivity index (χ2v) is 4.02. The number of Topliss-reactive ketones (excluding diaryl/α,β-unsaturated/α-hetero) is 1. The average Bonchev–Trinajstić information content (AvgIpc) is 2.54. The molecule has 0 saturated carbocycles. The molecule has 2 aromatic carbocycles. The van der Waals surface area contributed by atoms with Crippen LogP contribution in [0.5, 0.6) is 5.75 Å². The molecular formula is C16H11N3O2.